The van der Waals surface area contributed by atoms with Gasteiger partial charge in [0.2, 0.25) is 0 Å². The molecule has 0 aromatic heterocycles. The highest BCUT2D eigenvalue weighted by molar-refractivity contribution is 5.52. The zero-order valence-corrected chi connectivity index (χ0v) is 19.7. The van der Waals surface area contributed by atoms with Gasteiger partial charge in [-0.15, -0.1) is 6.58 Å². The van der Waals surface area contributed by atoms with Crippen LogP contribution in [-0.4, -0.2) is 56.2 Å². The lowest BCUT2D eigenvalue weighted by Crippen LogP contribution is -2.44. The summed E-state index contributed by atoms with van der Waals surface area (Å²) >= 11 is 0. The highest BCUT2D eigenvalue weighted by atomic mass is 16.5. The van der Waals surface area contributed by atoms with E-state index in [4.69, 9.17) is 4.74 Å². The van der Waals surface area contributed by atoms with Gasteiger partial charge in [0.25, 0.3) is 0 Å². The SMILES string of the molecule is C=C[C@@](C)(/C=C/c1ccc(OCCCCN2CCN(C)CC2)cc1)CCC=C(C)C. The van der Waals surface area contributed by atoms with Crippen molar-refractivity contribution in [2.75, 3.05) is 46.4 Å². The summed E-state index contributed by atoms with van der Waals surface area (Å²) in [4.78, 5) is 4.97. The molecule has 0 aliphatic carbocycles. The van der Waals surface area contributed by atoms with Gasteiger partial charge in [-0.25, -0.2) is 0 Å². The average Bonchev–Trinajstić information content (AvgIpc) is 2.74. The van der Waals surface area contributed by atoms with Gasteiger partial charge in [-0.3, -0.25) is 0 Å². The lowest BCUT2D eigenvalue weighted by molar-refractivity contribution is 0.150. The topological polar surface area (TPSA) is 15.7 Å². The lowest BCUT2D eigenvalue weighted by atomic mass is 9.84. The second-order valence-electron chi connectivity index (χ2n) is 9.13. The molecule has 1 aliphatic rings. The van der Waals surface area contributed by atoms with Gasteiger partial charge in [0.05, 0.1) is 6.61 Å². The van der Waals surface area contributed by atoms with Crippen LogP contribution in [0.3, 0.4) is 0 Å². The van der Waals surface area contributed by atoms with Gasteiger partial charge in [-0.2, -0.15) is 0 Å². The molecule has 0 spiro atoms. The molecule has 1 aromatic rings. The Bertz CT molecular complexity index is 679. The zero-order chi connectivity index (χ0) is 21.8. The first-order valence-electron chi connectivity index (χ1n) is 11.5. The normalized spacial score (nSPS) is 17.6. The van der Waals surface area contributed by atoms with Crippen LogP contribution in [0.2, 0.25) is 0 Å². The maximum atomic E-state index is 5.94. The van der Waals surface area contributed by atoms with E-state index in [-0.39, 0.29) is 5.41 Å². The Morgan fingerprint density at radius 1 is 1.10 bits per heavy atom. The Kier molecular flexibility index (Phi) is 10.4. The van der Waals surface area contributed by atoms with Crippen LogP contribution in [0.1, 0.15) is 52.0 Å². The minimum Gasteiger partial charge on any atom is -0.494 e. The van der Waals surface area contributed by atoms with E-state index in [0.717, 1.165) is 31.6 Å². The minimum atomic E-state index is 0.0187. The maximum absolute atomic E-state index is 5.94. The summed E-state index contributed by atoms with van der Waals surface area (Å²) in [5, 5.41) is 0. The fourth-order valence-corrected chi connectivity index (χ4v) is 3.59. The van der Waals surface area contributed by atoms with Crippen molar-refractivity contribution in [2.45, 2.75) is 46.5 Å². The Morgan fingerprint density at radius 2 is 1.80 bits per heavy atom. The van der Waals surface area contributed by atoms with Crippen LogP contribution in [0.4, 0.5) is 0 Å². The number of hydrogen-bond acceptors (Lipinski definition) is 3. The lowest BCUT2D eigenvalue weighted by Gasteiger charge is -2.32. The molecule has 1 heterocycles. The number of unbranched alkanes of at least 4 members (excludes halogenated alkanes) is 1. The molecule has 0 unspecified atom stereocenters. The summed E-state index contributed by atoms with van der Waals surface area (Å²) in [6, 6.07) is 8.43. The second kappa shape index (κ2) is 12.8. The highest BCUT2D eigenvalue weighted by Gasteiger charge is 2.15. The molecule has 2 rings (SSSR count). The predicted octanol–water partition coefficient (Wildman–Crippen LogP) is 6.04. The van der Waals surface area contributed by atoms with E-state index in [0.29, 0.717) is 0 Å². The highest BCUT2D eigenvalue weighted by Crippen LogP contribution is 2.28. The van der Waals surface area contributed by atoms with E-state index < -0.39 is 0 Å². The van der Waals surface area contributed by atoms with Gasteiger partial charge in [0.1, 0.15) is 5.75 Å². The number of rotatable bonds is 12. The zero-order valence-electron chi connectivity index (χ0n) is 19.7. The number of allylic oxidation sites excluding steroid dienone is 4. The number of piperazine rings is 1. The number of nitrogens with zero attached hydrogens (tertiary/aromatic N) is 2. The molecular weight excluding hydrogens is 368 g/mol. The third-order valence-electron chi connectivity index (χ3n) is 5.97. The molecule has 3 heteroatoms. The number of likely N-dealkylation sites (N-methyl/N-ethyl adjacent to an activating group) is 1. The molecule has 1 aromatic carbocycles. The fourth-order valence-electron chi connectivity index (χ4n) is 3.59. The molecule has 0 bridgehead atoms. The molecule has 30 heavy (non-hydrogen) atoms. The molecule has 0 saturated carbocycles. The van der Waals surface area contributed by atoms with Crippen molar-refractivity contribution in [3.05, 3.63) is 60.2 Å². The third-order valence-corrected chi connectivity index (χ3v) is 5.97. The van der Waals surface area contributed by atoms with Crippen molar-refractivity contribution in [2.24, 2.45) is 5.41 Å². The monoisotopic (exact) mass is 410 g/mol. The summed E-state index contributed by atoms with van der Waals surface area (Å²) in [6.07, 6.45) is 13.3. The summed E-state index contributed by atoms with van der Waals surface area (Å²) < 4.78 is 5.94. The molecule has 3 nitrogen and oxygen atoms in total. The minimum absolute atomic E-state index is 0.0187. The van der Waals surface area contributed by atoms with Crippen LogP contribution in [0.15, 0.2) is 54.6 Å². The molecule has 0 radical (unpaired) electrons. The Hall–Kier alpha value is -1.84. The molecule has 1 fully saturated rings. The van der Waals surface area contributed by atoms with E-state index in [1.54, 1.807) is 0 Å². The Morgan fingerprint density at radius 3 is 2.43 bits per heavy atom. The summed E-state index contributed by atoms with van der Waals surface area (Å²) in [6.45, 7) is 17.4. The van der Waals surface area contributed by atoms with Crippen LogP contribution in [0, 0.1) is 5.41 Å². The van der Waals surface area contributed by atoms with Crippen molar-refractivity contribution >= 4 is 6.08 Å². The van der Waals surface area contributed by atoms with Crippen molar-refractivity contribution in [1.82, 2.24) is 9.80 Å². The molecule has 166 valence electrons. The standard InChI is InChI=1S/C27H42N2O/c1-6-27(4,16-9-10-24(2)3)17-15-25-11-13-26(14-12-25)30-23-8-7-18-29-21-19-28(5)20-22-29/h6,10-15,17H,1,7-9,16,18-23H2,2-5H3/b17-15+/t27-/m1/s1. The Balaban J connectivity index is 1.70. The predicted molar refractivity (Wildman–Crippen MR) is 131 cm³/mol. The average molecular weight is 411 g/mol. The number of benzene rings is 1. The van der Waals surface area contributed by atoms with Crippen LogP contribution < -0.4 is 4.74 Å². The molecule has 0 amide bonds. The molecule has 1 saturated heterocycles. The van der Waals surface area contributed by atoms with E-state index in [1.165, 1.54) is 50.3 Å². The van der Waals surface area contributed by atoms with Crippen molar-refractivity contribution in [3.63, 3.8) is 0 Å². The van der Waals surface area contributed by atoms with Gasteiger partial charge in [0.15, 0.2) is 0 Å². The van der Waals surface area contributed by atoms with Gasteiger partial charge >= 0.3 is 0 Å². The van der Waals surface area contributed by atoms with E-state index in [9.17, 15) is 0 Å². The first-order valence-corrected chi connectivity index (χ1v) is 11.5. The molecule has 0 N–H and O–H groups in total. The largest absolute Gasteiger partial charge is 0.494 e. The van der Waals surface area contributed by atoms with Gasteiger partial charge < -0.3 is 14.5 Å². The summed E-state index contributed by atoms with van der Waals surface area (Å²) in [5.41, 5.74) is 2.60. The van der Waals surface area contributed by atoms with Crippen molar-refractivity contribution in [1.29, 1.82) is 0 Å². The van der Waals surface area contributed by atoms with Crippen LogP contribution in [0.5, 0.6) is 5.75 Å². The summed E-state index contributed by atoms with van der Waals surface area (Å²) in [7, 11) is 2.20. The molecule has 1 aliphatic heterocycles. The van der Waals surface area contributed by atoms with E-state index in [1.807, 2.05) is 0 Å². The molecule has 1 atom stereocenters. The first-order chi connectivity index (χ1) is 14.4. The van der Waals surface area contributed by atoms with Gasteiger partial charge in [-0.1, -0.05) is 48.9 Å². The number of ether oxygens (including phenoxy) is 1. The van der Waals surface area contributed by atoms with Crippen molar-refractivity contribution < 1.29 is 4.74 Å². The van der Waals surface area contributed by atoms with Crippen LogP contribution in [-0.2, 0) is 0 Å². The Labute approximate surface area is 185 Å². The molecular formula is C27H42N2O. The second-order valence-corrected chi connectivity index (χ2v) is 9.13. The fraction of sp³-hybridized carbons (Fsp3) is 0.556. The van der Waals surface area contributed by atoms with Crippen molar-refractivity contribution in [3.8, 4) is 5.75 Å². The smallest absolute Gasteiger partial charge is 0.119 e. The van der Waals surface area contributed by atoms with Gasteiger partial charge in [0, 0.05) is 31.6 Å². The quantitative estimate of drug-likeness (QED) is 0.308. The number of hydrogen-bond donors (Lipinski definition) is 0. The van der Waals surface area contributed by atoms with Gasteiger partial charge in [-0.05, 0) is 70.8 Å². The first kappa shape index (κ1) is 24.4. The van der Waals surface area contributed by atoms with Crippen LogP contribution >= 0.6 is 0 Å². The third kappa shape index (κ3) is 9.32. The van der Waals surface area contributed by atoms with Crippen LogP contribution in [0.25, 0.3) is 6.08 Å². The summed E-state index contributed by atoms with van der Waals surface area (Å²) in [5.74, 6) is 0.960. The van der Waals surface area contributed by atoms with E-state index in [2.05, 4.69) is 92.8 Å². The van der Waals surface area contributed by atoms with E-state index >= 15 is 0 Å². The maximum Gasteiger partial charge on any atom is 0.119 e.